The van der Waals surface area contributed by atoms with Gasteiger partial charge in [-0.15, -0.1) is 0 Å². The minimum absolute atomic E-state index is 0.376. The van der Waals surface area contributed by atoms with E-state index in [0.29, 0.717) is 5.92 Å². The summed E-state index contributed by atoms with van der Waals surface area (Å²) in [4.78, 5) is 10.7. The molecule has 0 radical (unpaired) electrons. The Kier molecular flexibility index (Phi) is 3.16. The van der Waals surface area contributed by atoms with Crippen LogP contribution in [-0.2, 0) is 4.79 Å². The van der Waals surface area contributed by atoms with Gasteiger partial charge in [0.25, 0.3) is 0 Å². The number of aliphatic carboxylic acids is 1. The standard InChI is InChI=1S/C9H15BrO2/c1-2-3-4-5-7-6-9(7,10)8(11)12/h7H,2-6H2,1H3,(H,11,12). The van der Waals surface area contributed by atoms with Crippen LogP contribution in [0.2, 0.25) is 0 Å². The van der Waals surface area contributed by atoms with Crippen molar-refractivity contribution >= 4 is 21.9 Å². The van der Waals surface area contributed by atoms with Crippen LogP contribution in [-0.4, -0.2) is 15.4 Å². The number of carbonyl (C=O) groups is 1. The minimum atomic E-state index is -0.691. The fraction of sp³-hybridized carbons (Fsp3) is 0.889. The molecule has 0 aliphatic heterocycles. The second-order valence-electron chi connectivity index (χ2n) is 3.56. The van der Waals surface area contributed by atoms with Crippen molar-refractivity contribution in [2.75, 3.05) is 0 Å². The summed E-state index contributed by atoms with van der Waals surface area (Å²) in [5, 5.41) is 8.79. The van der Waals surface area contributed by atoms with Gasteiger partial charge in [-0.1, -0.05) is 42.1 Å². The average Bonchev–Trinajstić information content (AvgIpc) is 2.64. The van der Waals surface area contributed by atoms with Crippen molar-refractivity contribution in [3.63, 3.8) is 0 Å². The molecule has 0 aromatic heterocycles. The lowest BCUT2D eigenvalue weighted by molar-refractivity contribution is -0.137. The molecule has 0 saturated heterocycles. The number of rotatable bonds is 5. The first-order valence-electron chi connectivity index (χ1n) is 4.53. The molecular formula is C9H15BrO2. The van der Waals surface area contributed by atoms with Gasteiger partial charge in [-0.2, -0.15) is 0 Å². The van der Waals surface area contributed by atoms with Gasteiger partial charge in [0, 0.05) is 0 Å². The molecule has 2 nitrogen and oxygen atoms in total. The highest BCUT2D eigenvalue weighted by molar-refractivity contribution is 9.10. The van der Waals surface area contributed by atoms with Gasteiger partial charge in [-0.3, -0.25) is 4.79 Å². The third-order valence-corrected chi connectivity index (χ3v) is 3.85. The first-order valence-corrected chi connectivity index (χ1v) is 5.33. The third kappa shape index (κ3) is 2.00. The van der Waals surface area contributed by atoms with E-state index in [1.807, 2.05) is 0 Å². The predicted octanol–water partition coefficient (Wildman–Crippen LogP) is 2.80. The Bertz CT molecular complexity index is 181. The van der Waals surface area contributed by atoms with E-state index >= 15 is 0 Å². The maximum Gasteiger partial charge on any atom is 0.320 e. The van der Waals surface area contributed by atoms with Crippen molar-refractivity contribution in [1.29, 1.82) is 0 Å². The van der Waals surface area contributed by atoms with Gasteiger partial charge in [0.05, 0.1) is 0 Å². The van der Waals surface area contributed by atoms with E-state index in [0.717, 1.165) is 12.8 Å². The van der Waals surface area contributed by atoms with E-state index in [4.69, 9.17) is 5.11 Å². The summed E-state index contributed by atoms with van der Waals surface area (Å²) in [6.45, 7) is 2.16. The fourth-order valence-corrected chi connectivity index (χ4v) is 2.15. The second kappa shape index (κ2) is 3.77. The van der Waals surface area contributed by atoms with Crippen molar-refractivity contribution < 1.29 is 9.90 Å². The van der Waals surface area contributed by atoms with E-state index in [1.165, 1.54) is 19.3 Å². The van der Waals surface area contributed by atoms with Crippen LogP contribution in [0.4, 0.5) is 0 Å². The molecule has 0 spiro atoms. The molecule has 1 N–H and O–H groups in total. The molecule has 1 fully saturated rings. The Labute approximate surface area is 81.5 Å². The maximum atomic E-state index is 10.7. The van der Waals surface area contributed by atoms with Crippen LogP contribution in [0.3, 0.4) is 0 Å². The number of halogens is 1. The first-order chi connectivity index (χ1) is 5.61. The zero-order chi connectivity index (χ0) is 9.19. The van der Waals surface area contributed by atoms with E-state index < -0.39 is 10.3 Å². The number of carboxylic acids is 1. The van der Waals surface area contributed by atoms with Crippen LogP contribution in [0.5, 0.6) is 0 Å². The molecule has 3 heteroatoms. The zero-order valence-electron chi connectivity index (χ0n) is 7.35. The summed E-state index contributed by atoms with van der Waals surface area (Å²) in [6, 6.07) is 0. The van der Waals surface area contributed by atoms with Gasteiger partial charge in [0.2, 0.25) is 0 Å². The van der Waals surface area contributed by atoms with Gasteiger partial charge >= 0.3 is 5.97 Å². The van der Waals surface area contributed by atoms with Crippen molar-refractivity contribution in [2.24, 2.45) is 5.92 Å². The average molecular weight is 235 g/mol. The van der Waals surface area contributed by atoms with E-state index in [2.05, 4.69) is 22.9 Å². The Morgan fingerprint density at radius 1 is 1.67 bits per heavy atom. The van der Waals surface area contributed by atoms with Crippen LogP contribution in [0, 0.1) is 5.92 Å². The summed E-state index contributed by atoms with van der Waals surface area (Å²) in [6.07, 6.45) is 5.47. The lowest BCUT2D eigenvalue weighted by Gasteiger charge is -2.01. The molecule has 0 heterocycles. The quantitative estimate of drug-likeness (QED) is 0.587. The molecule has 0 amide bonds. The molecule has 70 valence electrons. The molecule has 1 aliphatic rings. The smallest absolute Gasteiger partial charge is 0.320 e. The number of unbranched alkanes of at least 4 members (excludes halogenated alkanes) is 2. The molecule has 1 rings (SSSR count). The van der Waals surface area contributed by atoms with Crippen LogP contribution < -0.4 is 0 Å². The van der Waals surface area contributed by atoms with E-state index in [1.54, 1.807) is 0 Å². The highest BCUT2D eigenvalue weighted by Crippen LogP contribution is 2.53. The van der Waals surface area contributed by atoms with Crippen LogP contribution in [0.25, 0.3) is 0 Å². The normalized spacial score (nSPS) is 33.3. The topological polar surface area (TPSA) is 37.3 Å². The molecule has 0 bridgehead atoms. The fourth-order valence-electron chi connectivity index (χ4n) is 1.53. The predicted molar refractivity (Wildman–Crippen MR) is 51.5 cm³/mol. The Morgan fingerprint density at radius 3 is 2.75 bits per heavy atom. The van der Waals surface area contributed by atoms with Gasteiger partial charge in [0.1, 0.15) is 4.32 Å². The van der Waals surface area contributed by atoms with Gasteiger partial charge in [-0.05, 0) is 18.8 Å². The summed E-state index contributed by atoms with van der Waals surface area (Å²) < 4.78 is -0.555. The molecule has 1 aliphatic carbocycles. The van der Waals surface area contributed by atoms with Crippen LogP contribution in [0.15, 0.2) is 0 Å². The number of hydrogen-bond acceptors (Lipinski definition) is 1. The van der Waals surface area contributed by atoms with Crippen LogP contribution in [0.1, 0.15) is 39.0 Å². The van der Waals surface area contributed by atoms with Crippen LogP contribution >= 0.6 is 15.9 Å². The largest absolute Gasteiger partial charge is 0.480 e. The first kappa shape index (κ1) is 10.0. The summed E-state index contributed by atoms with van der Waals surface area (Å²) in [5.74, 6) is -0.314. The lowest BCUT2D eigenvalue weighted by Crippen LogP contribution is -2.16. The summed E-state index contributed by atoms with van der Waals surface area (Å²) >= 11 is 3.27. The third-order valence-electron chi connectivity index (χ3n) is 2.54. The second-order valence-corrected chi connectivity index (χ2v) is 4.98. The van der Waals surface area contributed by atoms with Crippen molar-refractivity contribution in [2.45, 2.75) is 43.4 Å². The monoisotopic (exact) mass is 234 g/mol. The van der Waals surface area contributed by atoms with Crippen molar-refractivity contribution in [3.8, 4) is 0 Å². The highest BCUT2D eigenvalue weighted by atomic mass is 79.9. The minimum Gasteiger partial charge on any atom is -0.480 e. The molecule has 2 atom stereocenters. The highest BCUT2D eigenvalue weighted by Gasteiger charge is 2.57. The Morgan fingerprint density at radius 2 is 2.33 bits per heavy atom. The number of hydrogen-bond donors (Lipinski definition) is 1. The number of alkyl halides is 1. The molecule has 0 aromatic carbocycles. The summed E-state index contributed by atoms with van der Waals surface area (Å²) in [5.41, 5.74) is 0. The molecule has 0 aromatic rings. The Balaban J connectivity index is 2.19. The van der Waals surface area contributed by atoms with Crippen molar-refractivity contribution in [3.05, 3.63) is 0 Å². The molecule has 1 saturated carbocycles. The maximum absolute atomic E-state index is 10.7. The van der Waals surface area contributed by atoms with E-state index in [-0.39, 0.29) is 0 Å². The summed E-state index contributed by atoms with van der Waals surface area (Å²) in [7, 11) is 0. The zero-order valence-corrected chi connectivity index (χ0v) is 8.93. The molecule has 12 heavy (non-hydrogen) atoms. The SMILES string of the molecule is CCCCCC1CC1(Br)C(=O)O. The molecular weight excluding hydrogens is 220 g/mol. The van der Waals surface area contributed by atoms with Gasteiger partial charge in [0.15, 0.2) is 0 Å². The Hall–Kier alpha value is -0.0500. The van der Waals surface area contributed by atoms with Gasteiger partial charge in [-0.25, -0.2) is 0 Å². The van der Waals surface area contributed by atoms with Crippen molar-refractivity contribution in [1.82, 2.24) is 0 Å². The number of carboxylic acid groups (broad SMARTS) is 1. The van der Waals surface area contributed by atoms with E-state index in [9.17, 15) is 4.79 Å². The molecule has 2 unspecified atom stereocenters. The lowest BCUT2D eigenvalue weighted by atomic mass is 10.1. The van der Waals surface area contributed by atoms with Gasteiger partial charge < -0.3 is 5.11 Å².